The molecule has 0 spiro atoms. The van der Waals surface area contributed by atoms with Crippen LogP contribution in [0.15, 0.2) is 54.6 Å². The van der Waals surface area contributed by atoms with E-state index in [2.05, 4.69) is 13.8 Å². The fourth-order valence-electron chi connectivity index (χ4n) is 3.34. The van der Waals surface area contributed by atoms with E-state index in [4.69, 9.17) is 9.47 Å². The van der Waals surface area contributed by atoms with Gasteiger partial charge in [0.1, 0.15) is 11.9 Å². The van der Waals surface area contributed by atoms with Gasteiger partial charge in [-0.2, -0.15) is 0 Å². The fourth-order valence-corrected chi connectivity index (χ4v) is 3.34. The average Bonchev–Trinajstić information content (AvgIpc) is 3.23. The number of ether oxygens (including phenoxy) is 2. The highest BCUT2D eigenvalue weighted by atomic mass is 16.6. The van der Waals surface area contributed by atoms with Crippen LogP contribution in [0, 0.1) is 0 Å². The van der Waals surface area contributed by atoms with Crippen LogP contribution < -0.4 is 0 Å². The Hall–Kier alpha value is -2.88. The predicted molar refractivity (Wildman–Crippen MR) is 109 cm³/mol. The van der Waals surface area contributed by atoms with Crippen molar-refractivity contribution in [2.24, 2.45) is 0 Å². The number of esters is 2. The van der Waals surface area contributed by atoms with Gasteiger partial charge in [-0.05, 0) is 37.5 Å². The maximum atomic E-state index is 11.4. The van der Waals surface area contributed by atoms with Crippen molar-refractivity contribution in [3.05, 3.63) is 76.9 Å². The largest absolute Gasteiger partial charge is 0.454 e. The van der Waals surface area contributed by atoms with Crippen LogP contribution in [0.2, 0.25) is 0 Å². The number of hydrogen-bond donors (Lipinski definition) is 0. The lowest BCUT2D eigenvalue weighted by Crippen LogP contribution is -1.98. The summed E-state index contributed by atoms with van der Waals surface area (Å²) in [6, 6.07) is 15.1. The van der Waals surface area contributed by atoms with E-state index in [0.717, 1.165) is 48.8 Å². The van der Waals surface area contributed by atoms with Crippen molar-refractivity contribution in [3.8, 4) is 0 Å². The summed E-state index contributed by atoms with van der Waals surface area (Å²) in [6.45, 7) is 4.24. The zero-order valence-electron chi connectivity index (χ0n) is 16.4. The van der Waals surface area contributed by atoms with Crippen LogP contribution in [0.4, 0.5) is 0 Å². The maximum Gasteiger partial charge on any atom is 0.344 e. The summed E-state index contributed by atoms with van der Waals surface area (Å²) in [7, 11) is 0. The molecule has 0 saturated heterocycles. The SMILES string of the molecule is CCCC=C1OC(=O)c2ccccc21.CCCCC1OC(=O)c2ccccc21. The van der Waals surface area contributed by atoms with Crippen LogP contribution in [0.3, 0.4) is 0 Å². The molecule has 0 aromatic heterocycles. The Morgan fingerprint density at radius 3 is 2.25 bits per heavy atom. The molecule has 4 rings (SSSR count). The van der Waals surface area contributed by atoms with Gasteiger partial charge in [0.2, 0.25) is 0 Å². The molecule has 1 unspecified atom stereocenters. The van der Waals surface area contributed by atoms with Crippen LogP contribution in [-0.4, -0.2) is 11.9 Å². The molecular formula is C24H26O4. The van der Waals surface area contributed by atoms with E-state index in [9.17, 15) is 9.59 Å². The van der Waals surface area contributed by atoms with Gasteiger partial charge in [-0.25, -0.2) is 9.59 Å². The van der Waals surface area contributed by atoms with E-state index in [-0.39, 0.29) is 18.0 Å². The van der Waals surface area contributed by atoms with E-state index < -0.39 is 0 Å². The molecule has 0 amide bonds. The first-order valence-electron chi connectivity index (χ1n) is 9.97. The maximum absolute atomic E-state index is 11.4. The number of carbonyl (C=O) groups is 2. The summed E-state index contributed by atoms with van der Waals surface area (Å²) < 4.78 is 10.5. The molecule has 0 saturated carbocycles. The molecule has 146 valence electrons. The number of fused-ring (bicyclic) bond motifs is 2. The molecule has 0 N–H and O–H groups in total. The first-order chi connectivity index (χ1) is 13.7. The van der Waals surface area contributed by atoms with E-state index in [0.29, 0.717) is 11.3 Å². The third-order valence-electron chi connectivity index (χ3n) is 4.83. The Morgan fingerprint density at radius 1 is 0.857 bits per heavy atom. The Balaban J connectivity index is 0.000000161. The molecule has 0 radical (unpaired) electrons. The van der Waals surface area contributed by atoms with Crippen LogP contribution in [0.25, 0.3) is 5.76 Å². The smallest absolute Gasteiger partial charge is 0.344 e. The molecule has 2 aromatic rings. The second-order valence-electron chi connectivity index (χ2n) is 6.92. The van der Waals surface area contributed by atoms with Gasteiger partial charge in [-0.15, -0.1) is 0 Å². The summed E-state index contributed by atoms with van der Waals surface area (Å²) in [6.07, 6.45) is 7.16. The Labute approximate surface area is 166 Å². The number of hydrogen-bond acceptors (Lipinski definition) is 4. The van der Waals surface area contributed by atoms with Gasteiger partial charge >= 0.3 is 11.9 Å². The third-order valence-corrected chi connectivity index (χ3v) is 4.83. The van der Waals surface area contributed by atoms with Crippen molar-refractivity contribution in [1.82, 2.24) is 0 Å². The van der Waals surface area contributed by atoms with Crippen molar-refractivity contribution >= 4 is 17.7 Å². The molecule has 2 aliphatic rings. The van der Waals surface area contributed by atoms with Gasteiger partial charge < -0.3 is 9.47 Å². The number of unbranched alkanes of at least 4 members (excludes halogenated alkanes) is 2. The first kappa shape index (κ1) is 19.9. The molecule has 4 nitrogen and oxygen atoms in total. The second kappa shape index (κ2) is 9.36. The number of allylic oxidation sites excluding steroid dienone is 1. The van der Waals surface area contributed by atoms with Gasteiger partial charge in [-0.1, -0.05) is 63.1 Å². The number of carbonyl (C=O) groups excluding carboxylic acids is 2. The second-order valence-corrected chi connectivity index (χ2v) is 6.92. The van der Waals surface area contributed by atoms with E-state index in [1.54, 1.807) is 6.07 Å². The van der Waals surface area contributed by atoms with Crippen molar-refractivity contribution in [2.45, 2.75) is 52.1 Å². The van der Waals surface area contributed by atoms with E-state index in [1.807, 2.05) is 48.5 Å². The molecule has 1 atom stereocenters. The minimum absolute atomic E-state index is 0.00125. The zero-order chi connectivity index (χ0) is 19.9. The van der Waals surface area contributed by atoms with Crippen molar-refractivity contribution in [2.75, 3.05) is 0 Å². The highest BCUT2D eigenvalue weighted by Gasteiger charge is 2.29. The monoisotopic (exact) mass is 378 g/mol. The zero-order valence-corrected chi connectivity index (χ0v) is 16.4. The van der Waals surface area contributed by atoms with Crippen LogP contribution in [0.5, 0.6) is 0 Å². The van der Waals surface area contributed by atoms with Gasteiger partial charge in [0.25, 0.3) is 0 Å². The summed E-state index contributed by atoms with van der Waals surface area (Å²) in [5, 5.41) is 0. The highest BCUT2D eigenvalue weighted by molar-refractivity contribution is 6.02. The molecule has 0 fully saturated rings. The number of cyclic esters (lactones) is 2. The topological polar surface area (TPSA) is 52.6 Å². The van der Waals surface area contributed by atoms with Crippen molar-refractivity contribution < 1.29 is 19.1 Å². The minimum Gasteiger partial charge on any atom is -0.454 e. The van der Waals surface area contributed by atoms with E-state index in [1.165, 1.54) is 0 Å². The third kappa shape index (κ3) is 4.33. The van der Waals surface area contributed by atoms with Crippen LogP contribution in [-0.2, 0) is 9.47 Å². The lowest BCUT2D eigenvalue weighted by atomic mass is 10.0. The predicted octanol–water partition coefficient (Wildman–Crippen LogP) is 6.09. The molecule has 2 heterocycles. The molecule has 0 aliphatic carbocycles. The summed E-state index contributed by atoms with van der Waals surface area (Å²) >= 11 is 0. The summed E-state index contributed by atoms with van der Waals surface area (Å²) in [4.78, 5) is 22.8. The summed E-state index contributed by atoms with van der Waals surface area (Å²) in [5.74, 6) is 0.317. The van der Waals surface area contributed by atoms with Crippen LogP contribution in [0.1, 0.15) is 83.9 Å². The van der Waals surface area contributed by atoms with Gasteiger partial charge in [0, 0.05) is 11.1 Å². The number of rotatable bonds is 5. The standard InChI is InChI=1S/C12H14O2.C12H12O2/c2*1-2-3-8-11-9-6-4-5-7-10(9)12(13)14-11/h4-7,11H,2-3,8H2,1H3;4-8H,2-3H2,1H3. The Morgan fingerprint density at radius 2 is 1.54 bits per heavy atom. The quantitative estimate of drug-likeness (QED) is 0.591. The average molecular weight is 378 g/mol. The van der Waals surface area contributed by atoms with Crippen molar-refractivity contribution in [1.29, 1.82) is 0 Å². The lowest BCUT2D eigenvalue weighted by Gasteiger charge is -2.08. The molecule has 2 aromatic carbocycles. The molecule has 0 bridgehead atoms. The molecular weight excluding hydrogens is 352 g/mol. The molecule has 28 heavy (non-hydrogen) atoms. The number of benzene rings is 2. The normalized spacial score (nSPS) is 18.1. The van der Waals surface area contributed by atoms with Crippen molar-refractivity contribution in [3.63, 3.8) is 0 Å². The first-order valence-corrected chi connectivity index (χ1v) is 9.97. The fraction of sp³-hybridized carbons (Fsp3) is 0.333. The molecule has 2 aliphatic heterocycles. The lowest BCUT2D eigenvalue weighted by molar-refractivity contribution is 0.0364. The highest BCUT2D eigenvalue weighted by Crippen LogP contribution is 2.33. The van der Waals surface area contributed by atoms with Gasteiger partial charge in [-0.3, -0.25) is 0 Å². The minimum atomic E-state index is -0.233. The molecule has 4 heteroatoms. The van der Waals surface area contributed by atoms with Gasteiger partial charge in [0.15, 0.2) is 0 Å². The van der Waals surface area contributed by atoms with E-state index >= 15 is 0 Å². The Kier molecular flexibility index (Phi) is 6.64. The summed E-state index contributed by atoms with van der Waals surface area (Å²) in [5.41, 5.74) is 3.40. The van der Waals surface area contributed by atoms with Gasteiger partial charge in [0.05, 0.1) is 11.1 Å². The van der Waals surface area contributed by atoms with Crippen LogP contribution >= 0.6 is 0 Å². The Bertz CT molecular complexity index is 882.